The third-order valence-electron chi connectivity index (χ3n) is 3.43. The van der Waals surface area contributed by atoms with Crippen LogP contribution in [0, 0.1) is 5.82 Å². The minimum atomic E-state index is -0.243. The molecule has 2 aromatic carbocycles. The smallest absolute Gasteiger partial charge is 0.136 e. The number of halogens is 2. The maximum atomic E-state index is 13.7. The first-order chi connectivity index (χ1) is 10.6. The molecular weight excluding hydrogens is 377 g/mol. The van der Waals surface area contributed by atoms with Crippen molar-refractivity contribution < 1.29 is 9.13 Å². The molecule has 0 saturated carbocycles. The molecule has 0 spiro atoms. The molecule has 122 valence electrons. The Morgan fingerprint density at radius 1 is 1.09 bits per heavy atom. The van der Waals surface area contributed by atoms with Gasteiger partial charge in [-0.15, -0.1) is 28.7 Å². The van der Waals surface area contributed by atoms with Crippen molar-refractivity contribution in [2.24, 2.45) is 0 Å². The Morgan fingerprint density at radius 3 is 2.65 bits per heavy atom. The fourth-order valence-corrected chi connectivity index (χ4v) is 3.47. The summed E-state index contributed by atoms with van der Waals surface area (Å²) in [5, 5.41) is 0. The number of ether oxygens (including phenoxy) is 1. The maximum Gasteiger partial charge on any atom is 0.136 e. The SMILES string of the molecule is Br.CN(C)CCSC1=Cc2ccccc2Oc2ccc(F)cc21. The Bertz CT molecular complexity index is 718. The van der Waals surface area contributed by atoms with Gasteiger partial charge in [-0.3, -0.25) is 0 Å². The molecule has 0 aliphatic carbocycles. The van der Waals surface area contributed by atoms with Gasteiger partial charge in [0.05, 0.1) is 0 Å². The Kier molecular flexibility index (Phi) is 6.27. The summed E-state index contributed by atoms with van der Waals surface area (Å²) in [5.74, 6) is 2.21. The second-order valence-corrected chi connectivity index (χ2v) is 6.58. The van der Waals surface area contributed by atoms with E-state index in [4.69, 9.17) is 4.74 Å². The molecule has 0 amide bonds. The number of thioether (sulfide) groups is 1. The maximum absolute atomic E-state index is 13.7. The average Bonchev–Trinajstić information content (AvgIpc) is 2.64. The van der Waals surface area contributed by atoms with Gasteiger partial charge < -0.3 is 9.64 Å². The van der Waals surface area contributed by atoms with Crippen LogP contribution >= 0.6 is 28.7 Å². The van der Waals surface area contributed by atoms with Crippen molar-refractivity contribution >= 4 is 39.7 Å². The van der Waals surface area contributed by atoms with Crippen molar-refractivity contribution in [2.45, 2.75) is 0 Å². The molecular formula is C18H19BrFNOS. The average molecular weight is 396 g/mol. The highest BCUT2D eigenvalue weighted by Crippen LogP contribution is 2.42. The summed E-state index contributed by atoms with van der Waals surface area (Å²) in [5.41, 5.74) is 1.84. The lowest BCUT2D eigenvalue weighted by Crippen LogP contribution is -2.14. The molecule has 0 radical (unpaired) electrons. The predicted molar refractivity (Wildman–Crippen MR) is 102 cm³/mol. The molecule has 23 heavy (non-hydrogen) atoms. The van der Waals surface area contributed by atoms with Crippen molar-refractivity contribution in [3.63, 3.8) is 0 Å². The molecule has 5 heteroatoms. The second kappa shape index (κ2) is 7.99. The predicted octanol–water partition coefficient (Wildman–Crippen LogP) is 5.30. The van der Waals surface area contributed by atoms with E-state index in [2.05, 4.69) is 11.0 Å². The van der Waals surface area contributed by atoms with Gasteiger partial charge in [-0.1, -0.05) is 18.2 Å². The third kappa shape index (κ3) is 4.37. The lowest BCUT2D eigenvalue weighted by molar-refractivity contribution is 0.437. The first kappa shape index (κ1) is 18.0. The summed E-state index contributed by atoms with van der Waals surface area (Å²) < 4.78 is 19.7. The molecule has 0 unspecified atom stereocenters. The van der Waals surface area contributed by atoms with Crippen molar-refractivity contribution in [3.8, 4) is 11.5 Å². The molecule has 0 fully saturated rings. The van der Waals surface area contributed by atoms with Crippen LogP contribution in [0.2, 0.25) is 0 Å². The van der Waals surface area contributed by atoms with Gasteiger partial charge in [0.25, 0.3) is 0 Å². The van der Waals surface area contributed by atoms with Crippen molar-refractivity contribution in [1.82, 2.24) is 4.90 Å². The van der Waals surface area contributed by atoms with Gasteiger partial charge in [-0.2, -0.15) is 0 Å². The first-order valence-electron chi connectivity index (χ1n) is 7.19. The van der Waals surface area contributed by atoms with E-state index in [0.717, 1.165) is 34.1 Å². The fourth-order valence-electron chi connectivity index (χ4n) is 2.27. The van der Waals surface area contributed by atoms with Crippen molar-refractivity contribution in [1.29, 1.82) is 0 Å². The van der Waals surface area contributed by atoms with E-state index in [-0.39, 0.29) is 22.8 Å². The molecule has 1 heterocycles. The zero-order chi connectivity index (χ0) is 15.5. The van der Waals surface area contributed by atoms with Crippen LogP contribution in [0.5, 0.6) is 11.5 Å². The number of para-hydroxylation sites is 1. The van der Waals surface area contributed by atoms with Gasteiger partial charge >= 0.3 is 0 Å². The second-order valence-electron chi connectivity index (χ2n) is 5.44. The molecule has 2 nitrogen and oxygen atoms in total. The summed E-state index contributed by atoms with van der Waals surface area (Å²) in [7, 11) is 4.10. The van der Waals surface area contributed by atoms with E-state index in [1.165, 1.54) is 6.07 Å². The molecule has 0 N–H and O–H groups in total. The Labute approximate surface area is 151 Å². The summed E-state index contributed by atoms with van der Waals surface area (Å²) >= 11 is 1.73. The first-order valence-corrected chi connectivity index (χ1v) is 8.18. The normalized spacial score (nSPS) is 12.4. The fraction of sp³-hybridized carbons (Fsp3) is 0.222. The number of fused-ring (bicyclic) bond motifs is 2. The van der Waals surface area contributed by atoms with Crippen LogP contribution in [0.4, 0.5) is 4.39 Å². The summed E-state index contributed by atoms with van der Waals surface area (Å²) in [6.07, 6.45) is 2.08. The quantitative estimate of drug-likeness (QED) is 0.696. The largest absolute Gasteiger partial charge is 0.456 e. The van der Waals surface area contributed by atoms with Gasteiger partial charge in [0.2, 0.25) is 0 Å². The van der Waals surface area contributed by atoms with Gasteiger partial charge in [-0.25, -0.2) is 4.39 Å². The monoisotopic (exact) mass is 395 g/mol. The zero-order valence-electron chi connectivity index (χ0n) is 13.1. The third-order valence-corrected chi connectivity index (χ3v) is 4.46. The minimum absolute atomic E-state index is 0. The van der Waals surface area contributed by atoms with E-state index in [1.807, 2.05) is 38.4 Å². The van der Waals surface area contributed by atoms with E-state index in [0.29, 0.717) is 5.75 Å². The van der Waals surface area contributed by atoms with Gasteiger partial charge in [-0.05, 0) is 44.4 Å². The Hall–Kier alpha value is -1.30. The van der Waals surface area contributed by atoms with E-state index in [1.54, 1.807) is 23.9 Å². The number of nitrogens with zero attached hydrogens (tertiary/aromatic N) is 1. The van der Waals surface area contributed by atoms with E-state index < -0.39 is 0 Å². The van der Waals surface area contributed by atoms with Crippen LogP contribution in [0.25, 0.3) is 11.0 Å². The van der Waals surface area contributed by atoms with Gasteiger partial charge in [0, 0.05) is 28.3 Å². The lowest BCUT2D eigenvalue weighted by Gasteiger charge is -2.12. The van der Waals surface area contributed by atoms with Crippen molar-refractivity contribution in [2.75, 3.05) is 26.4 Å². The van der Waals surface area contributed by atoms with Crippen molar-refractivity contribution in [3.05, 3.63) is 59.4 Å². The lowest BCUT2D eigenvalue weighted by atomic mass is 10.1. The highest BCUT2D eigenvalue weighted by molar-refractivity contribution is 8.93. The van der Waals surface area contributed by atoms with Crippen LogP contribution in [0.15, 0.2) is 42.5 Å². The van der Waals surface area contributed by atoms with Crippen LogP contribution in [-0.2, 0) is 0 Å². The highest BCUT2D eigenvalue weighted by atomic mass is 79.9. The molecule has 2 aromatic rings. The minimum Gasteiger partial charge on any atom is -0.456 e. The zero-order valence-corrected chi connectivity index (χ0v) is 15.6. The summed E-state index contributed by atoms with van der Waals surface area (Å²) in [6, 6.07) is 12.6. The molecule has 0 saturated heterocycles. The summed E-state index contributed by atoms with van der Waals surface area (Å²) in [6.45, 7) is 0.967. The van der Waals surface area contributed by atoms with Crippen LogP contribution in [0.3, 0.4) is 0 Å². The van der Waals surface area contributed by atoms with Gasteiger partial charge in [0.15, 0.2) is 0 Å². The Morgan fingerprint density at radius 2 is 1.87 bits per heavy atom. The molecule has 0 atom stereocenters. The Balaban J connectivity index is 0.00000192. The molecule has 3 rings (SSSR count). The van der Waals surface area contributed by atoms with Crippen LogP contribution in [0.1, 0.15) is 11.1 Å². The number of hydrogen-bond donors (Lipinski definition) is 0. The van der Waals surface area contributed by atoms with E-state index >= 15 is 0 Å². The standard InChI is InChI=1S/C18H18FNOS.BrH/c1-20(2)9-10-22-18-11-13-5-3-4-6-16(13)21-17-8-7-14(19)12-15(17)18;/h3-8,11-12H,9-10H2,1-2H3;1H. The van der Waals surface area contributed by atoms with E-state index in [9.17, 15) is 4.39 Å². The van der Waals surface area contributed by atoms with Gasteiger partial charge in [0.1, 0.15) is 17.3 Å². The molecule has 1 aliphatic rings. The van der Waals surface area contributed by atoms with Crippen LogP contribution in [-0.4, -0.2) is 31.3 Å². The topological polar surface area (TPSA) is 12.5 Å². The van der Waals surface area contributed by atoms with Crippen LogP contribution < -0.4 is 4.74 Å². The number of rotatable bonds is 4. The molecule has 0 bridgehead atoms. The molecule has 0 aromatic heterocycles. The summed E-state index contributed by atoms with van der Waals surface area (Å²) in [4.78, 5) is 3.18. The number of benzene rings is 2. The number of hydrogen-bond acceptors (Lipinski definition) is 3. The molecule has 1 aliphatic heterocycles. The highest BCUT2D eigenvalue weighted by Gasteiger charge is 2.17.